The summed E-state index contributed by atoms with van der Waals surface area (Å²) in [4.78, 5) is 0.0789. The SMILES string of the molecule is COc1ccc(OC[C@H](O)CNS(=O)(=O)c2ccc(Cl)cc2)cc1. The van der Waals surface area contributed by atoms with Gasteiger partial charge in [-0.1, -0.05) is 11.6 Å². The van der Waals surface area contributed by atoms with E-state index >= 15 is 0 Å². The minimum absolute atomic E-state index is 0.0462. The summed E-state index contributed by atoms with van der Waals surface area (Å²) in [6, 6.07) is 12.6. The van der Waals surface area contributed by atoms with Gasteiger partial charge in [-0.3, -0.25) is 0 Å². The van der Waals surface area contributed by atoms with Crippen LogP contribution in [0.3, 0.4) is 0 Å². The summed E-state index contributed by atoms with van der Waals surface area (Å²) in [6.45, 7) is -0.212. The van der Waals surface area contributed by atoms with Crippen LogP contribution in [0.15, 0.2) is 53.4 Å². The Morgan fingerprint density at radius 3 is 2.25 bits per heavy atom. The molecule has 6 nitrogen and oxygen atoms in total. The Morgan fingerprint density at radius 1 is 1.08 bits per heavy atom. The molecule has 0 aliphatic rings. The fourth-order valence-electron chi connectivity index (χ4n) is 1.83. The Morgan fingerprint density at radius 2 is 1.67 bits per heavy atom. The highest BCUT2D eigenvalue weighted by Gasteiger charge is 2.16. The van der Waals surface area contributed by atoms with Crippen LogP contribution in [0.4, 0.5) is 0 Å². The second kappa shape index (κ2) is 8.34. The summed E-state index contributed by atoms with van der Waals surface area (Å²) in [5.74, 6) is 1.24. The Hall–Kier alpha value is -1.80. The third-order valence-corrected chi connectivity index (χ3v) is 4.83. The first kappa shape index (κ1) is 18.5. The zero-order chi connectivity index (χ0) is 17.6. The summed E-state index contributed by atoms with van der Waals surface area (Å²) in [5.41, 5.74) is 0. The molecule has 0 amide bonds. The first-order valence-corrected chi connectivity index (χ1v) is 8.97. The van der Waals surface area contributed by atoms with E-state index in [4.69, 9.17) is 21.1 Å². The average Bonchev–Trinajstić information content (AvgIpc) is 2.59. The predicted molar refractivity (Wildman–Crippen MR) is 91.1 cm³/mol. The predicted octanol–water partition coefficient (Wildman–Crippen LogP) is 2.07. The molecule has 130 valence electrons. The normalized spacial score (nSPS) is 12.6. The monoisotopic (exact) mass is 371 g/mol. The smallest absolute Gasteiger partial charge is 0.240 e. The topological polar surface area (TPSA) is 84.9 Å². The molecule has 0 saturated carbocycles. The van der Waals surface area contributed by atoms with Gasteiger partial charge in [-0.15, -0.1) is 0 Å². The van der Waals surface area contributed by atoms with Gasteiger partial charge in [-0.2, -0.15) is 0 Å². The molecule has 0 unspecified atom stereocenters. The van der Waals surface area contributed by atoms with Crippen molar-refractivity contribution in [3.8, 4) is 11.5 Å². The first-order valence-electron chi connectivity index (χ1n) is 7.11. The van der Waals surface area contributed by atoms with Gasteiger partial charge in [-0.05, 0) is 48.5 Å². The van der Waals surface area contributed by atoms with Crippen molar-refractivity contribution >= 4 is 21.6 Å². The van der Waals surface area contributed by atoms with Crippen LogP contribution in [0, 0.1) is 0 Å². The number of hydrogen-bond donors (Lipinski definition) is 2. The standard InChI is InChI=1S/C16H18ClNO5S/c1-22-14-4-6-15(7-5-14)23-11-13(19)10-18-24(20,21)16-8-2-12(17)3-9-16/h2-9,13,18-19H,10-11H2,1H3/t13-/m1/s1. The number of aliphatic hydroxyl groups is 1. The van der Waals surface area contributed by atoms with E-state index in [2.05, 4.69) is 4.72 Å². The van der Waals surface area contributed by atoms with Gasteiger partial charge >= 0.3 is 0 Å². The maximum Gasteiger partial charge on any atom is 0.240 e. The van der Waals surface area contributed by atoms with Crippen molar-refractivity contribution in [3.63, 3.8) is 0 Å². The van der Waals surface area contributed by atoms with Crippen LogP contribution in [0.5, 0.6) is 11.5 Å². The molecule has 2 N–H and O–H groups in total. The summed E-state index contributed by atoms with van der Waals surface area (Å²) >= 11 is 5.73. The second-order valence-corrected chi connectivity index (χ2v) is 7.15. The zero-order valence-corrected chi connectivity index (χ0v) is 14.5. The lowest BCUT2D eigenvalue weighted by Gasteiger charge is -2.14. The second-order valence-electron chi connectivity index (χ2n) is 4.95. The number of hydrogen-bond acceptors (Lipinski definition) is 5. The van der Waals surface area contributed by atoms with Crippen molar-refractivity contribution in [1.82, 2.24) is 4.72 Å². The Labute approximate surface area is 146 Å². The fourth-order valence-corrected chi connectivity index (χ4v) is 3.03. The van der Waals surface area contributed by atoms with Crippen molar-refractivity contribution in [1.29, 1.82) is 0 Å². The van der Waals surface area contributed by atoms with E-state index < -0.39 is 16.1 Å². The molecular weight excluding hydrogens is 354 g/mol. The highest BCUT2D eigenvalue weighted by Crippen LogP contribution is 2.17. The van der Waals surface area contributed by atoms with Crippen LogP contribution in [-0.4, -0.2) is 39.9 Å². The minimum atomic E-state index is -3.70. The average molecular weight is 372 g/mol. The van der Waals surface area contributed by atoms with E-state index in [9.17, 15) is 13.5 Å². The number of ether oxygens (including phenoxy) is 2. The quantitative estimate of drug-likeness (QED) is 0.742. The molecule has 0 aliphatic heterocycles. The van der Waals surface area contributed by atoms with Crippen molar-refractivity contribution in [2.75, 3.05) is 20.3 Å². The Balaban J connectivity index is 1.83. The molecule has 0 bridgehead atoms. The molecule has 8 heteroatoms. The van der Waals surface area contributed by atoms with Crippen LogP contribution >= 0.6 is 11.6 Å². The molecule has 2 rings (SSSR count). The fraction of sp³-hybridized carbons (Fsp3) is 0.250. The molecule has 0 aromatic heterocycles. The number of benzene rings is 2. The van der Waals surface area contributed by atoms with Gasteiger partial charge in [0.1, 0.15) is 24.2 Å². The molecule has 2 aromatic rings. The van der Waals surface area contributed by atoms with Gasteiger partial charge < -0.3 is 14.6 Å². The summed E-state index contributed by atoms with van der Waals surface area (Å²) in [7, 11) is -2.14. The molecule has 1 atom stereocenters. The van der Waals surface area contributed by atoms with Crippen molar-refractivity contribution in [2.24, 2.45) is 0 Å². The van der Waals surface area contributed by atoms with Crippen LogP contribution in [0.25, 0.3) is 0 Å². The van der Waals surface area contributed by atoms with E-state index in [0.717, 1.165) is 0 Å². The van der Waals surface area contributed by atoms with E-state index in [0.29, 0.717) is 16.5 Å². The maximum atomic E-state index is 12.1. The zero-order valence-electron chi connectivity index (χ0n) is 13.0. The number of sulfonamides is 1. The maximum absolute atomic E-state index is 12.1. The van der Waals surface area contributed by atoms with Crippen molar-refractivity contribution < 1.29 is 23.0 Å². The Bertz CT molecular complexity index is 747. The molecule has 2 aromatic carbocycles. The highest BCUT2D eigenvalue weighted by molar-refractivity contribution is 7.89. The van der Waals surface area contributed by atoms with Gasteiger partial charge in [0.2, 0.25) is 10.0 Å². The lowest BCUT2D eigenvalue weighted by Crippen LogP contribution is -2.35. The summed E-state index contributed by atoms with van der Waals surface area (Å²) in [5, 5.41) is 10.3. The third kappa shape index (κ3) is 5.38. The number of methoxy groups -OCH3 is 1. The van der Waals surface area contributed by atoms with Crippen LogP contribution < -0.4 is 14.2 Å². The number of nitrogens with one attached hydrogen (secondary N) is 1. The van der Waals surface area contributed by atoms with Crippen molar-refractivity contribution in [3.05, 3.63) is 53.6 Å². The molecule has 0 radical (unpaired) electrons. The van der Waals surface area contributed by atoms with E-state index in [1.54, 1.807) is 31.4 Å². The van der Waals surface area contributed by atoms with E-state index in [1.807, 2.05) is 0 Å². The van der Waals surface area contributed by atoms with E-state index in [-0.39, 0.29) is 18.0 Å². The molecule has 0 heterocycles. The van der Waals surface area contributed by atoms with Gasteiger partial charge in [0.15, 0.2) is 0 Å². The largest absolute Gasteiger partial charge is 0.497 e. The lowest BCUT2D eigenvalue weighted by molar-refractivity contribution is 0.111. The van der Waals surface area contributed by atoms with E-state index in [1.165, 1.54) is 24.3 Å². The van der Waals surface area contributed by atoms with Crippen LogP contribution in [0.1, 0.15) is 0 Å². The summed E-state index contributed by atoms with van der Waals surface area (Å²) in [6.07, 6.45) is -0.992. The van der Waals surface area contributed by atoms with Crippen molar-refractivity contribution in [2.45, 2.75) is 11.0 Å². The first-order chi connectivity index (χ1) is 11.4. The molecule has 0 aliphatic carbocycles. The van der Waals surface area contributed by atoms with Gasteiger partial charge in [0.05, 0.1) is 12.0 Å². The third-order valence-electron chi connectivity index (χ3n) is 3.13. The van der Waals surface area contributed by atoms with Crippen LogP contribution in [-0.2, 0) is 10.0 Å². The van der Waals surface area contributed by atoms with Gasteiger partial charge in [0.25, 0.3) is 0 Å². The molecular formula is C16H18ClNO5S. The highest BCUT2D eigenvalue weighted by atomic mass is 35.5. The van der Waals surface area contributed by atoms with Gasteiger partial charge in [-0.25, -0.2) is 13.1 Å². The number of rotatable bonds is 8. The number of aliphatic hydroxyl groups excluding tert-OH is 1. The number of halogens is 1. The molecule has 0 spiro atoms. The molecule has 0 saturated heterocycles. The minimum Gasteiger partial charge on any atom is -0.497 e. The summed E-state index contributed by atoms with van der Waals surface area (Å²) < 4.78 is 36.9. The van der Waals surface area contributed by atoms with Gasteiger partial charge in [0, 0.05) is 11.6 Å². The lowest BCUT2D eigenvalue weighted by atomic mass is 10.3. The van der Waals surface area contributed by atoms with Crippen LogP contribution in [0.2, 0.25) is 5.02 Å². The molecule has 0 fully saturated rings. The molecule has 24 heavy (non-hydrogen) atoms. The Kier molecular flexibility index (Phi) is 6.44.